The molecule has 1 aliphatic heterocycles. The summed E-state index contributed by atoms with van der Waals surface area (Å²) >= 11 is 1.24. The Morgan fingerprint density at radius 2 is 1.88 bits per heavy atom. The first-order chi connectivity index (χ1) is 20.0. The largest absolute Gasteiger partial charge is 0.477 e. The smallest absolute Gasteiger partial charge is 0.393 e. The number of nitrogens with two attached hydrogens (primary N) is 1. The number of piperidine rings is 1. The van der Waals surface area contributed by atoms with Crippen molar-refractivity contribution in [2.24, 2.45) is 5.14 Å². The van der Waals surface area contributed by atoms with Crippen LogP contribution in [0.15, 0.2) is 41.3 Å². The number of nitriles is 1. The standard InChI is InChI=1S/C29H30F3N5O3S2/c30-29(31,32)18-23-22-3-1-4-25(36-19-10-14-37(15-11-19)20-6-7-20)28(22)41-27(23)5-2-13-35-24-9-8-21(42(34,38)39)17-26(24)40-16-12-33/h1,3-4,8-9,17,19-20,35-36H,6-7,10-11,13-16,18H2,(H2,34,38,39). The number of nitrogens with one attached hydrogen (secondary N) is 2. The lowest BCUT2D eigenvalue weighted by Crippen LogP contribution is -2.40. The molecule has 5 rings (SSSR count). The Kier molecular flexibility index (Phi) is 8.85. The molecule has 3 aromatic rings. The van der Waals surface area contributed by atoms with Gasteiger partial charge in [0.2, 0.25) is 10.0 Å². The molecule has 1 saturated carbocycles. The average Bonchev–Trinajstić information content (AvgIpc) is 3.73. The topological polar surface area (TPSA) is 120 Å². The Morgan fingerprint density at radius 1 is 1.12 bits per heavy atom. The van der Waals surface area contributed by atoms with Gasteiger partial charge in [-0.05, 0) is 54.8 Å². The Morgan fingerprint density at radius 3 is 2.55 bits per heavy atom. The number of sulfonamides is 1. The van der Waals surface area contributed by atoms with E-state index in [1.54, 1.807) is 12.1 Å². The van der Waals surface area contributed by atoms with Gasteiger partial charge in [0.15, 0.2) is 6.61 Å². The molecule has 1 aliphatic carbocycles. The van der Waals surface area contributed by atoms with Crippen LogP contribution in [0.4, 0.5) is 24.5 Å². The summed E-state index contributed by atoms with van der Waals surface area (Å²) in [4.78, 5) is 2.68. The van der Waals surface area contributed by atoms with Crippen LogP contribution in [-0.2, 0) is 16.4 Å². The van der Waals surface area contributed by atoms with E-state index in [0.717, 1.165) is 42.4 Å². The van der Waals surface area contributed by atoms with Crippen molar-refractivity contribution in [1.29, 1.82) is 5.26 Å². The predicted octanol–water partition coefficient (Wildman–Crippen LogP) is 5.06. The molecule has 0 radical (unpaired) electrons. The van der Waals surface area contributed by atoms with Crippen LogP contribution < -0.4 is 20.5 Å². The highest BCUT2D eigenvalue weighted by Gasteiger charge is 2.33. The minimum absolute atomic E-state index is 0.0298. The Labute approximate surface area is 246 Å². The third-order valence-electron chi connectivity index (χ3n) is 7.29. The van der Waals surface area contributed by atoms with Gasteiger partial charge in [0.05, 0.1) is 38.8 Å². The van der Waals surface area contributed by atoms with Gasteiger partial charge in [-0.25, -0.2) is 13.6 Å². The van der Waals surface area contributed by atoms with Crippen LogP contribution in [0.5, 0.6) is 5.75 Å². The van der Waals surface area contributed by atoms with Crippen LogP contribution in [0, 0.1) is 23.2 Å². The Bertz CT molecular complexity index is 1660. The fraction of sp³-hybridized carbons (Fsp3) is 0.414. The lowest BCUT2D eigenvalue weighted by molar-refractivity contribution is -0.126. The number of likely N-dealkylation sites (tertiary alicyclic amines) is 1. The molecule has 4 N–H and O–H groups in total. The number of hydrogen-bond donors (Lipinski definition) is 3. The predicted molar refractivity (Wildman–Crippen MR) is 157 cm³/mol. The molecule has 0 unspecified atom stereocenters. The molecule has 2 fully saturated rings. The monoisotopic (exact) mass is 617 g/mol. The summed E-state index contributed by atoms with van der Waals surface area (Å²) in [5.41, 5.74) is 1.34. The molecule has 0 amide bonds. The van der Waals surface area contributed by atoms with Crippen molar-refractivity contribution >= 4 is 42.8 Å². The van der Waals surface area contributed by atoms with Gasteiger partial charge in [-0.3, -0.25) is 0 Å². The second kappa shape index (κ2) is 12.4. The number of anilines is 2. The summed E-state index contributed by atoms with van der Waals surface area (Å²) in [6, 6.07) is 12.1. The molecule has 13 heteroatoms. The second-order valence-electron chi connectivity index (χ2n) is 10.4. The maximum Gasteiger partial charge on any atom is 0.393 e. The summed E-state index contributed by atoms with van der Waals surface area (Å²) in [5, 5.41) is 21.1. The van der Waals surface area contributed by atoms with Gasteiger partial charge in [0, 0.05) is 31.2 Å². The first kappa shape index (κ1) is 30.0. The van der Waals surface area contributed by atoms with E-state index in [1.807, 2.05) is 12.1 Å². The highest BCUT2D eigenvalue weighted by atomic mass is 32.2. The van der Waals surface area contributed by atoms with Crippen molar-refractivity contribution in [2.45, 2.75) is 55.3 Å². The minimum atomic E-state index is -4.40. The first-order valence-electron chi connectivity index (χ1n) is 13.5. The maximum absolute atomic E-state index is 13.6. The van der Waals surface area contributed by atoms with Crippen molar-refractivity contribution in [3.05, 3.63) is 46.8 Å². The molecule has 42 heavy (non-hydrogen) atoms. The third-order valence-corrected chi connectivity index (χ3v) is 9.40. The van der Waals surface area contributed by atoms with E-state index in [2.05, 4.69) is 27.4 Å². The highest BCUT2D eigenvalue weighted by molar-refractivity contribution is 7.89. The molecule has 1 saturated heterocycles. The SMILES string of the molecule is N#CCOc1cc(S(N)(=O)=O)ccc1NCC#Cc1sc2c(NC3CCN(C4CC4)CC3)cccc2c1CC(F)(F)F. The number of nitrogens with zero attached hydrogens (tertiary/aromatic N) is 2. The van der Waals surface area contributed by atoms with E-state index in [0.29, 0.717) is 16.0 Å². The number of thiophene rings is 1. The number of alkyl halides is 3. The summed E-state index contributed by atoms with van der Waals surface area (Å²) < 4.78 is 70.3. The van der Waals surface area contributed by atoms with Crippen molar-refractivity contribution < 1.29 is 26.3 Å². The Balaban J connectivity index is 1.36. The lowest BCUT2D eigenvalue weighted by atomic mass is 10.0. The van der Waals surface area contributed by atoms with Crippen molar-refractivity contribution in [2.75, 3.05) is 36.9 Å². The van der Waals surface area contributed by atoms with E-state index >= 15 is 0 Å². The number of halogens is 3. The molecule has 1 aromatic heterocycles. The number of benzene rings is 2. The molecular formula is C29H30F3N5O3S2. The van der Waals surface area contributed by atoms with Crippen LogP contribution in [0.2, 0.25) is 0 Å². The van der Waals surface area contributed by atoms with Crippen molar-refractivity contribution in [3.63, 3.8) is 0 Å². The molecule has 0 bridgehead atoms. The molecular weight excluding hydrogens is 587 g/mol. The molecule has 2 aromatic carbocycles. The molecule has 2 aliphatic rings. The summed E-state index contributed by atoms with van der Waals surface area (Å²) in [6.07, 6.45) is -0.965. The van der Waals surface area contributed by atoms with Crippen LogP contribution >= 0.6 is 11.3 Å². The zero-order valence-corrected chi connectivity index (χ0v) is 24.3. The number of fused-ring (bicyclic) bond motifs is 1. The van der Waals surface area contributed by atoms with Crippen molar-refractivity contribution in [3.8, 4) is 23.7 Å². The lowest BCUT2D eigenvalue weighted by Gasteiger charge is -2.33. The van der Waals surface area contributed by atoms with E-state index in [9.17, 15) is 21.6 Å². The highest BCUT2D eigenvalue weighted by Crippen LogP contribution is 2.40. The number of ether oxygens (including phenoxy) is 1. The zero-order chi connectivity index (χ0) is 29.9. The number of primary sulfonamides is 1. The van der Waals surface area contributed by atoms with Gasteiger partial charge in [-0.1, -0.05) is 24.0 Å². The van der Waals surface area contributed by atoms with E-state index < -0.39 is 22.6 Å². The summed E-state index contributed by atoms with van der Waals surface area (Å²) in [6.45, 7) is 1.76. The van der Waals surface area contributed by atoms with Gasteiger partial charge < -0.3 is 20.3 Å². The van der Waals surface area contributed by atoms with Gasteiger partial charge >= 0.3 is 6.18 Å². The van der Waals surface area contributed by atoms with E-state index in [1.165, 1.54) is 42.4 Å². The van der Waals surface area contributed by atoms with Gasteiger partial charge in [0.25, 0.3) is 0 Å². The molecule has 0 atom stereocenters. The van der Waals surface area contributed by atoms with Crippen LogP contribution in [0.3, 0.4) is 0 Å². The zero-order valence-electron chi connectivity index (χ0n) is 22.6. The second-order valence-corrected chi connectivity index (χ2v) is 13.0. The molecule has 8 nitrogen and oxygen atoms in total. The molecule has 222 valence electrons. The van der Waals surface area contributed by atoms with Crippen molar-refractivity contribution in [1.82, 2.24) is 4.90 Å². The summed E-state index contributed by atoms with van der Waals surface area (Å²) in [5.74, 6) is 5.88. The van der Waals surface area contributed by atoms with Crippen LogP contribution in [0.1, 0.15) is 36.1 Å². The fourth-order valence-electron chi connectivity index (χ4n) is 5.15. The molecule has 0 spiro atoms. The van der Waals surface area contributed by atoms with Gasteiger partial charge in [-0.15, -0.1) is 11.3 Å². The minimum Gasteiger partial charge on any atom is -0.477 e. The van der Waals surface area contributed by atoms with E-state index in [-0.39, 0.29) is 35.4 Å². The third kappa shape index (κ3) is 7.47. The summed E-state index contributed by atoms with van der Waals surface area (Å²) in [7, 11) is -3.99. The van der Waals surface area contributed by atoms with Gasteiger partial charge in [-0.2, -0.15) is 18.4 Å². The fourth-order valence-corrected chi connectivity index (χ4v) is 6.85. The molecule has 2 heterocycles. The quantitative estimate of drug-likeness (QED) is 0.287. The van der Waals surface area contributed by atoms with Crippen LogP contribution in [0.25, 0.3) is 10.1 Å². The van der Waals surface area contributed by atoms with Crippen LogP contribution in [-0.4, -0.2) is 57.8 Å². The number of hydrogen-bond acceptors (Lipinski definition) is 8. The normalized spacial score (nSPS) is 16.5. The Hall–Kier alpha value is -3.49. The van der Waals surface area contributed by atoms with Gasteiger partial charge in [0.1, 0.15) is 11.8 Å². The maximum atomic E-state index is 13.6. The number of rotatable bonds is 9. The first-order valence-corrected chi connectivity index (χ1v) is 15.9. The average molecular weight is 618 g/mol. The van der Waals surface area contributed by atoms with E-state index in [4.69, 9.17) is 15.1 Å².